The van der Waals surface area contributed by atoms with Gasteiger partial charge in [0.25, 0.3) is 0 Å². The molecule has 3 nitrogen and oxygen atoms in total. The van der Waals surface area contributed by atoms with Crippen LogP contribution in [0.15, 0.2) is 30.5 Å². The molecule has 0 saturated heterocycles. The lowest BCUT2D eigenvalue weighted by molar-refractivity contribution is 0.426. The molecule has 21 heavy (non-hydrogen) atoms. The van der Waals surface area contributed by atoms with Gasteiger partial charge in [-0.3, -0.25) is 0 Å². The number of hydrogen-bond acceptors (Lipinski definition) is 4. The first kappa shape index (κ1) is 15.9. The Morgan fingerprint density at radius 2 is 2.00 bits per heavy atom. The van der Waals surface area contributed by atoms with Gasteiger partial charge >= 0.3 is 0 Å². The second-order valence-corrected chi connectivity index (χ2v) is 7.00. The third-order valence-electron chi connectivity index (χ3n) is 3.02. The van der Waals surface area contributed by atoms with Crippen LogP contribution in [0.1, 0.15) is 32.6 Å². The van der Waals surface area contributed by atoms with Crippen LogP contribution in [0, 0.1) is 5.82 Å². The number of anilines is 2. The number of aromatic nitrogens is 1. The van der Waals surface area contributed by atoms with Crippen molar-refractivity contribution in [3.05, 3.63) is 41.2 Å². The molecule has 1 aromatic heterocycles. The summed E-state index contributed by atoms with van der Waals surface area (Å²) in [5, 5.41) is 4.26. The number of rotatable bonds is 5. The highest BCUT2D eigenvalue weighted by molar-refractivity contribution is 7.15. The van der Waals surface area contributed by atoms with Gasteiger partial charge in [0.15, 0.2) is 5.13 Å². The molecule has 0 unspecified atom stereocenters. The predicted molar refractivity (Wildman–Crippen MR) is 87.8 cm³/mol. The summed E-state index contributed by atoms with van der Waals surface area (Å²) in [6, 6.07) is 6.81. The van der Waals surface area contributed by atoms with E-state index in [4.69, 9.17) is 0 Å². The van der Waals surface area contributed by atoms with E-state index in [1.165, 1.54) is 6.07 Å². The van der Waals surface area contributed by atoms with Crippen molar-refractivity contribution < 1.29 is 4.39 Å². The second kappa shape index (κ2) is 6.54. The number of benzene rings is 1. The van der Waals surface area contributed by atoms with Crippen LogP contribution in [0.4, 0.5) is 15.2 Å². The Balaban J connectivity index is 2.17. The highest BCUT2D eigenvalue weighted by atomic mass is 32.1. The number of nitrogens with one attached hydrogen (secondary N) is 1. The van der Waals surface area contributed by atoms with Gasteiger partial charge < -0.3 is 10.2 Å². The van der Waals surface area contributed by atoms with Crippen molar-refractivity contribution in [2.45, 2.75) is 39.8 Å². The van der Waals surface area contributed by atoms with E-state index in [0.29, 0.717) is 12.2 Å². The van der Waals surface area contributed by atoms with Gasteiger partial charge in [-0.1, -0.05) is 12.1 Å². The van der Waals surface area contributed by atoms with E-state index in [9.17, 15) is 4.39 Å². The lowest BCUT2D eigenvalue weighted by Crippen LogP contribution is -2.34. The topological polar surface area (TPSA) is 28.2 Å². The van der Waals surface area contributed by atoms with Crippen molar-refractivity contribution in [1.82, 2.24) is 10.3 Å². The second-order valence-electron chi connectivity index (χ2n) is 5.91. The van der Waals surface area contributed by atoms with Gasteiger partial charge in [-0.15, -0.1) is 11.3 Å². The molecule has 0 aliphatic rings. The Bertz CT molecular complexity index is 589. The summed E-state index contributed by atoms with van der Waals surface area (Å²) in [7, 11) is 0. The molecule has 0 spiro atoms. The molecule has 0 aliphatic heterocycles. The van der Waals surface area contributed by atoms with Crippen molar-refractivity contribution in [3.8, 4) is 0 Å². The molecule has 1 heterocycles. The van der Waals surface area contributed by atoms with Gasteiger partial charge in [0, 0.05) is 29.7 Å². The first-order chi connectivity index (χ1) is 9.90. The van der Waals surface area contributed by atoms with E-state index < -0.39 is 0 Å². The molecule has 0 radical (unpaired) electrons. The Labute approximate surface area is 129 Å². The SMILES string of the molecule is CCN(c1ncc(CNC(C)(C)C)s1)c1ccccc1F. The molecule has 5 heteroatoms. The Hall–Kier alpha value is -1.46. The summed E-state index contributed by atoms with van der Waals surface area (Å²) in [5.74, 6) is -0.219. The first-order valence-electron chi connectivity index (χ1n) is 7.12. The Kier molecular flexibility index (Phi) is 4.96. The zero-order valence-corrected chi connectivity index (χ0v) is 13.8. The quantitative estimate of drug-likeness (QED) is 0.891. The van der Waals surface area contributed by atoms with Crippen LogP contribution in [0.2, 0.25) is 0 Å². The summed E-state index contributed by atoms with van der Waals surface area (Å²) in [6.07, 6.45) is 1.86. The summed E-state index contributed by atoms with van der Waals surface area (Å²) < 4.78 is 13.9. The molecule has 1 N–H and O–H groups in total. The van der Waals surface area contributed by atoms with E-state index in [-0.39, 0.29) is 11.4 Å². The summed E-state index contributed by atoms with van der Waals surface area (Å²) in [4.78, 5) is 7.49. The number of nitrogens with zero attached hydrogens (tertiary/aromatic N) is 2. The van der Waals surface area contributed by atoms with Crippen LogP contribution in [-0.2, 0) is 6.54 Å². The van der Waals surface area contributed by atoms with Gasteiger partial charge in [0.2, 0.25) is 0 Å². The Morgan fingerprint density at radius 1 is 1.29 bits per heavy atom. The largest absolute Gasteiger partial charge is 0.315 e. The van der Waals surface area contributed by atoms with E-state index in [0.717, 1.165) is 16.6 Å². The monoisotopic (exact) mass is 307 g/mol. The third kappa shape index (κ3) is 4.25. The average molecular weight is 307 g/mol. The fourth-order valence-corrected chi connectivity index (χ4v) is 2.86. The van der Waals surface area contributed by atoms with Crippen molar-refractivity contribution in [3.63, 3.8) is 0 Å². The molecule has 0 amide bonds. The van der Waals surface area contributed by atoms with E-state index >= 15 is 0 Å². The maximum Gasteiger partial charge on any atom is 0.190 e. The van der Waals surface area contributed by atoms with Gasteiger partial charge in [-0.2, -0.15) is 0 Å². The lowest BCUT2D eigenvalue weighted by Gasteiger charge is -2.21. The molecular formula is C16H22FN3S. The van der Waals surface area contributed by atoms with Crippen molar-refractivity contribution >= 4 is 22.2 Å². The van der Waals surface area contributed by atoms with Crippen LogP contribution >= 0.6 is 11.3 Å². The lowest BCUT2D eigenvalue weighted by atomic mass is 10.1. The van der Waals surface area contributed by atoms with Crippen LogP contribution in [-0.4, -0.2) is 17.1 Å². The maximum atomic E-state index is 13.9. The fourth-order valence-electron chi connectivity index (χ4n) is 1.94. The summed E-state index contributed by atoms with van der Waals surface area (Å²) >= 11 is 1.60. The third-order valence-corrected chi connectivity index (χ3v) is 4.04. The number of thiazole rings is 1. The average Bonchev–Trinajstić information content (AvgIpc) is 2.87. The molecule has 0 fully saturated rings. The van der Waals surface area contributed by atoms with E-state index in [1.54, 1.807) is 23.5 Å². The van der Waals surface area contributed by atoms with Crippen LogP contribution in [0.5, 0.6) is 0 Å². The molecule has 0 bridgehead atoms. The summed E-state index contributed by atoms with van der Waals surface area (Å²) in [5.41, 5.74) is 0.643. The maximum absolute atomic E-state index is 13.9. The smallest absolute Gasteiger partial charge is 0.190 e. The number of hydrogen-bond donors (Lipinski definition) is 1. The van der Waals surface area contributed by atoms with Crippen LogP contribution in [0.3, 0.4) is 0 Å². The minimum atomic E-state index is -0.219. The molecule has 114 valence electrons. The van der Waals surface area contributed by atoms with Gasteiger partial charge in [0.1, 0.15) is 5.82 Å². The van der Waals surface area contributed by atoms with Crippen molar-refractivity contribution in [2.24, 2.45) is 0 Å². The highest BCUT2D eigenvalue weighted by Crippen LogP contribution is 2.31. The molecule has 2 rings (SSSR count). The minimum Gasteiger partial charge on any atom is -0.315 e. The number of para-hydroxylation sites is 1. The normalized spacial score (nSPS) is 11.7. The Morgan fingerprint density at radius 3 is 2.62 bits per heavy atom. The molecule has 0 saturated carbocycles. The van der Waals surface area contributed by atoms with Crippen molar-refractivity contribution in [2.75, 3.05) is 11.4 Å². The van der Waals surface area contributed by atoms with Gasteiger partial charge in [0.05, 0.1) is 5.69 Å². The minimum absolute atomic E-state index is 0.0696. The van der Waals surface area contributed by atoms with Gasteiger partial charge in [-0.05, 0) is 39.8 Å². The molecular weight excluding hydrogens is 285 g/mol. The zero-order valence-electron chi connectivity index (χ0n) is 13.0. The van der Waals surface area contributed by atoms with E-state index in [2.05, 4.69) is 31.1 Å². The van der Waals surface area contributed by atoms with E-state index in [1.807, 2.05) is 24.1 Å². The fraction of sp³-hybridized carbons (Fsp3) is 0.438. The summed E-state index contributed by atoms with van der Waals surface area (Å²) in [6.45, 7) is 9.85. The molecule has 0 aliphatic carbocycles. The molecule has 0 atom stereocenters. The first-order valence-corrected chi connectivity index (χ1v) is 7.94. The molecule has 1 aromatic carbocycles. The van der Waals surface area contributed by atoms with Crippen molar-refractivity contribution in [1.29, 1.82) is 0 Å². The number of halogens is 1. The predicted octanol–water partition coefficient (Wildman–Crippen LogP) is 4.33. The zero-order chi connectivity index (χ0) is 15.5. The van der Waals surface area contributed by atoms with Crippen LogP contribution in [0.25, 0.3) is 0 Å². The molecule has 2 aromatic rings. The highest BCUT2D eigenvalue weighted by Gasteiger charge is 2.16. The standard InChI is InChI=1S/C16H22FN3S/c1-5-20(14-9-7-6-8-13(14)17)15-18-10-12(21-15)11-19-16(2,3)4/h6-10,19H,5,11H2,1-4H3. The van der Waals surface area contributed by atoms with Gasteiger partial charge in [-0.25, -0.2) is 9.37 Å². The van der Waals surface area contributed by atoms with Crippen LogP contribution < -0.4 is 10.2 Å².